The molecule has 0 aromatic heterocycles. The van der Waals surface area contributed by atoms with Crippen molar-refractivity contribution in [2.75, 3.05) is 5.33 Å². The summed E-state index contributed by atoms with van der Waals surface area (Å²) in [6.07, 6.45) is 16.5. The molecule has 184 valence electrons. The van der Waals surface area contributed by atoms with Crippen LogP contribution in [0.2, 0.25) is 0 Å². The Morgan fingerprint density at radius 1 is 0.938 bits per heavy atom. The Balaban J connectivity index is 1.42. The van der Waals surface area contributed by atoms with E-state index in [0.717, 1.165) is 54.3 Å². The highest BCUT2D eigenvalue weighted by Gasteiger charge is 2.60. The summed E-state index contributed by atoms with van der Waals surface area (Å²) in [5, 5.41) is 0.327. The van der Waals surface area contributed by atoms with E-state index in [2.05, 4.69) is 50.5 Å². The van der Waals surface area contributed by atoms with Crippen LogP contribution in [-0.2, 0) is 9.53 Å². The van der Waals surface area contributed by atoms with Gasteiger partial charge in [-0.25, -0.2) is 0 Å². The van der Waals surface area contributed by atoms with E-state index in [1.165, 1.54) is 64.2 Å². The van der Waals surface area contributed by atoms with Gasteiger partial charge in [-0.3, -0.25) is 4.79 Å². The van der Waals surface area contributed by atoms with Gasteiger partial charge < -0.3 is 4.74 Å². The van der Waals surface area contributed by atoms with E-state index in [-0.39, 0.29) is 12.1 Å². The molecule has 0 aromatic carbocycles. The van der Waals surface area contributed by atoms with Gasteiger partial charge in [-0.2, -0.15) is 0 Å². The average Bonchev–Trinajstić information content (AvgIpc) is 3.11. The third-order valence-corrected chi connectivity index (χ3v) is 11.7. The van der Waals surface area contributed by atoms with Crippen molar-refractivity contribution in [3.05, 3.63) is 0 Å². The van der Waals surface area contributed by atoms with Crippen LogP contribution in [0.1, 0.15) is 112 Å². The van der Waals surface area contributed by atoms with Gasteiger partial charge in [-0.15, -0.1) is 0 Å². The molecule has 0 aliphatic heterocycles. The van der Waals surface area contributed by atoms with Gasteiger partial charge in [0.1, 0.15) is 11.4 Å². The van der Waals surface area contributed by atoms with E-state index in [1.54, 1.807) is 0 Å². The molecule has 0 N–H and O–H groups in total. The molecule has 4 aliphatic rings. The highest BCUT2D eigenvalue weighted by molar-refractivity contribution is 9.09. The normalized spacial score (nSPS) is 44.5. The largest absolute Gasteiger partial charge is 0.462 e. The number of ether oxygens (including phenoxy) is 1. The summed E-state index contributed by atoms with van der Waals surface area (Å²) in [4.78, 5) is 11.8. The van der Waals surface area contributed by atoms with E-state index < -0.39 is 0 Å². The number of carbonyl (C=O) groups excluding carboxylic acids is 1. The lowest BCUT2D eigenvalue weighted by atomic mass is 9.44. The zero-order valence-electron chi connectivity index (χ0n) is 21.5. The SMILES string of the molecule is CC(C)CCC[C@@H](C)[C@@H]1CC[C@@H]2[C@@H]3CC[C@H]4C[C@H](OC(=O)CBr)CC[C@]4(C)[C@@H]3CC[C@@]21C. The molecule has 0 spiro atoms. The molecule has 3 heteroatoms. The molecule has 4 fully saturated rings. The quantitative estimate of drug-likeness (QED) is 0.254. The molecule has 32 heavy (non-hydrogen) atoms. The van der Waals surface area contributed by atoms with Crippen LogP contribution in [0.15, 0.2) is 0 Å². The molecule has 0 radical (unpaired) electrons. The minimum atomic E-state index is -0.0831. The molecule has 4 aliphatic carbocycles. The summed E-state index contributed by atoms with van der Waals surface area (Å²) in [6, 6.07) is 0. The smallest absolute Gasteiger partial charge is 0.316 e. The molecule has 9 atom stereocenters. The van der Waals surface area contributed by atoms with Crippen LogP contribution in [0.4, 0.5) is 0 Å². The lowest BCUT2D eigenvalue weighted by Gasteiger charge is -2.61. The van der Waals surface area contributed by atoms with Crippen LogP contribution in [0.25, 0.3) is 0 Å². The van der Waals surface area contributed by atoms with Crippen molar-refractivity contribution >= 4 is 21.9 Å². The highest BCUT2D eigenvalue weighted by Crippen LogP contribution is 2.68. The Hall–Kier alpha value is -0.0500. The molecule has 0 aromatic rings. The lowest BCUT2D eigenvalue weighted by Crippen LogP contribution is -2.54. The van der Waals surface area contributed by atoms with E-state index in [4.69, 9.17) is 4.74 Å². The first-order valence-electron chi connectivity index (χ1n) is 13.9. The predicted octanol–water partition coefficient (Wildman–Crippen LogP) is 8.41. The van der Waals surface area contributed by atoms with Crippen molar-refractivity contribution < 1.29 is 9.53 Å². The summed E-state index contributed by atoms with van der Waals surface area (Å²) in [5.41, 5.74) is 1.06. The second-order valence-electron chi connectivity index (χ2n) is 13.2. The summed E-state index contributed by atoms with van der Waals surface area (Å²) < 4.78 is 5.76. The third kappa shape index (κ3) is 4.59. The topological polar surface area (TPSA) is 26.3 Å². The summed E-state index contributed by atoms with van der Waals surface area (Å²) in [5.74, 6) is 6.17. The zero-order chi connectivity index (χ0) is 23.1. The van der Waals surface area contributed by atoms with Crippen LogP contribution in [0, 0.1) is 52.3 Å². The Kier molecular flexibility index (Phi) is 7.75. The minimum absolute atomic E-state index is 0.0831. The summed E-state index contributed by atoms with van der Waals surface area (Å²) >= 11 is 3.26. The van der Waals surface area contributed by atoms with Crippen molar-refractivity contribution in [2.45, 2.75) is 118 Å². The Labute approximate surface area is 206 Å². The van der Waals surface area contributed by atoms with Crippen molar-refractivity contribution in [3.8, 4) is 0 Å². The highest BCUT2D eigenvalue weighted by atomic mass is 79.9. The molecule has 0 amide bonds. The number of esters is 1. The van der Waals surface area contributed by atoms with Gasteiger partial charge >= 0.3 is 5.97 Å². The lowest BCUT2D eigenvalue weighted by molar-refractivity contribution is -0.160. The first-order valence-corrected chi connectivity index (χ1v) is 15.1. The molecule has 2 nitrogen and oxygen atoms in total. The Morgan fingerprint density at radius 2 is 1.66 bits per heavy atom. The van der Waals surface area contributed by atoms with Crippen molar-refractivity contribution in [3.63, 3.8) is 0 Å². The van der Waals surface area contributed by atoms with Crippen molar-refractivity contribution in [1.82, 2.24) is 0 Å². The van der Waals surface area contributed by atoms with Crippen LogP contribution >= 0.6 is 15.9 Å². The van der Waals surface area contributed by atoms with Gasteiger partial charge in [-0.05, 0) is 110 Å². The van der Waals surface area contributed by atoms with E-state index in [1.807, 2.05) is 0 Å². The minimum Gasteiger partial charge on any atom is -0.462 e. The van der Waals surface area contributed by atoms with Gasteiger partial charge in [-0.1, -0.05) is 69.8 Å². The molecule has 4 rings (SSSR count). The second-order valence-corrected chi connectivity index (χ2v) is 13.8. The van der Waals surface area contributed by atoms with Gasteiger partial charge in [0.2, 0.25) is 0 Å². The molecular weight excluding hydrogens is 460 g/mol. The summed E-state index contributed by atoms with van der Waals surface area (Å²) in [6.45, 7) is 12.7. The first-order chi connectivity index (χ1) is 15.2. The fourth-order valence-electron chi connectivity index (χ4n) is 9.57. The molecule has 4 saturated carbocycles. The second kappa shape index (κ2) is 9.90. The molecular formula is C29H49BrO2. The van der Waals surface area contributed by atoms with Gasteiger partial charge in [0.15, 0.2) is 0 Å². The first kappa shape index (κ1) is 25.1. The third-order valence-electron chi connectivity index (χ3n) is 11.2. The standard InChI is InChI=1S/C29H49BrO2/c1-19(2)7-6-8-20(3)24-11-12-25-23-10-9-21-17-22(32-27(31)18-30)13-15-28(21,4)26(23)14-16-29(24,25)5/h19-26H,6-18H2,1-5H3/t20-,21+,22-,23+,24+,25-,26-,28+,29-/m1/s1. The predicted molar refractivity (Wildman–Crippen MR) is 137 cm³/mol. The Bertz CT molecular complexity index is 662. The van der Waals surface area contributed by atoms with Crippen molar-refractivity contribution in [2.24, 2.45) is 52.3 Å². The fourth-order valence-corrected chi connectivity index (χ4v) is 9.70. The molecule has 0 heterocycles. The maximum Gasteiger partial charge on any atom is 0.316 e. The number of hydrogen-bond acceptors (Lipinski definition) is 2. The fraction of sp³-hybridized carbons (Fsp3) is 0.966. The average molecular weight is 510 g/mol. The maximum absolute atomic E-state index is 11.8. The molecule has 0 bridgehead atoms. The number of hydrogen-bond donors (Lipinski definition) is 0. The number of fused-ring (bicyclic) bond motifs is 5. The van der Waals surface area contributed by atoms with Crippen LogP contribution in [0.5, 0.6) is 0 Å². The number of rotatable bonds is 7. The zero-order valence-corrected chi connectivity index (χ0v) is 23.1. The van der Waals surface area contributed by atoms with Crippen LogP contribution < -0.4 is 0 Å². The number of carbonyl (C=O) groups is 1. The van der Waals surface area contributed by atoms with E-state index in [0.29, 0.717) is 16.2 Å². The Morgan fingerprint density at radius 3 is 2.38 bits per heavy atom. The summed E-state index contributed by atoms with van der Waals surface area (Å²) in [7, 11) is 0. The molecule has 0 unspecified atom stereocenters. The number of halogens is 1. The number of alkyl halides is 1. The monoisotopic (exact) mass is 508 g/mol. The van der Waals surface area contributed by atoms with Gasteiger partial charge in [0, 0.05) is 0 Å². The van der Waals surface area contributed by atoms with Gasteiger partial charge in [0.05, 0.1) is 0 Å². The van der Waals surface area contributed by atoms with E-state index >= 15 is 0 Å². The van der Waals surface area contributed by atoms with Crippen LogP contribution in [0.3, 0.4) is 0 Å². The molecule has 0 saturated heterocycles. The van der Waals surface area contributed by atoms with Crippen LogP contribution in [-0.4, -0.2) is 17.4 Å². The van der Waals surface area contributed by atoms with Gasteiger partial charge in [0.25, 0.3) is 0 Å². The van der Waals surface area contributed by atoms with Crippen molar-refractivity contribution in [1.29, 1.82) is 0 Å². The maximum atomic E-state index is 11.8. The van der Waals surface area contributed by atoms with E-state index in [9.17, 15) is 4.79 Å².